The largest absolute Gasteiger partial charge is 0.492 e. The molecule has 0 aliphatic rings. The lowest BCUT2D eigenvalue weighted by atomic mass is 10.9. The standard InChI is InChI=1S/C13H32O4Si4.H2/c1-12-13(14-2)21(11,16-19(6,7)8)17-20(9,10)15-18(3,4)5;/h1H2,2-11H3;1H. The first-order chi connectivity index (χ1) is 9.14. The molecule has 0 aliphatic carbocycles. The molecule has 0 aromatic heterocycles. The first kappa shape index (κ1) is 21.1. The average molecular weight is 367 g/mol. The lowest BCUT2D eigenvalue weighted by Gasteiger charge is -2.40. The summed E-state index contributed by atoms with van der Waals surface area (Å²) in [5, 5.41) is 0.602. The molecule has 1 unspecified atom stereocenters. The van der Waals surface area contributed by atoms with E-state index in [1.807, 2.05) is 6.55 Å². The van der Waals surface area contributed by atoms with Crippen LogP contribution in [0.3, 0.4) is 0 Å². The Bertz CT molecular complexity index is 411. The first-order valence-corrected chi connectivity index (χ1v) is 19.1. The van der Waals surface area contributed by atoms with Crippen molar-refractivity contribution in [3.63, 3.8) is 0 Å². The van der Waals surface area contributed by atoms with Crippen LogP contribution in [0.2, 0.25) is 58.9 Å². The van der Waals surface area contributed by atoms with Gasteiger partial charge in [0.15, 0.2) is 22.0 Å². The molecular formula is C13H34O4Si4. The van der Waals surface area contributed by atoms with Crippen LogP contribution in [0, 0.1) is 0 Å². The molecule has 0 saturated heterocycles. The molecule has 0 fully saturated rings. The monoisotopic (exact) mass is 366 g/mol. The smallest absolute Gasteiger partial charge is 0.396 e. The minimum atomic E-state index is -2.71. The number of hydrogen-bond acceptors (Lipinski definition) is 4. The third kappa shape index (κ3) is 8.32. The normalized spacial score (nSPS) is 16.1. The van der Waals surface area contributed by atoms with Gasteiger partial charge in [-0.2, -0.15) is 0 Å². The lowest BCUT2D eigenvalue weighted by Crippen LogP contribution is -2.58. The summed E-state index contributed by atoms with van der Waals surface area (Å²) in [5.74, 6) is 0. The van der Waals surface area contributed by atoms with E-state index in [0.717, 1.165) is 0 Å². The quantitative estimate of drug-likeness (QED) is 0.358. The van der Waals surface area contributed by atoms with Crippen molar-refractivity contribution >= 4 is 33.8 Å². The fourth-order valence-electron chi connectivity index (χ4n) is 2.34. The summed E-state index contributed by atoms with van der Waals surface area (Å²) in [5.41, 5.74) is 2.86. The SMILES string of the molecule is C=C=C(OC)[Si](C)(O[Si](C)(C)C)O[Si](C)(C)O[Si](C)(C)C.[HH]. The molecule has 0 aliphatic heterocycles. The van der Waals surface area contributed by atoms with E-state index in [4.69, 9.17) is 17.1 Å². The van der Waals surface area contributed by atoms with Gasteiger partial charge in [0, 0.05) is 1.43 Å². The number of hydrogen-bond donors (Lipinski definition) is 0. The fourth-order valence-corrected chi connectivity index (χ4v) is 19.2. The summed E-state index contributed by atoms with van der Waals surface area (Å²) in [6.07, 6.45) is 0. The average Bonchev–Trinajstić information content (AvgIpc) is 2.09. The second-order valence-electron chi connectivity index (χ2n) is 7.59. The zero-order chi connectivity index (χ0) is 17.1. The highest BCUT2D eigenvalue weighted by atomic mass is 28.5. The molecule has 0 aromatic rings. The van der Waals surface area contributed by atoms with Crippen LogP contribution in [-0.4, -0.2) is 40.9 Å². The van der Waals surface area contributed by atoms with Crippen molar-refractivity contribution < 1.29 is 18.5 Å². The van der Waals surface area contributed by atoms with Crippen molar-refractivity contribution in [2.24, 2.45) is 0 Å². The second-order valence-corrected chi connectivity index (χ2v) is 23.6. The second kappa shape index (κ2) is 7.09. The highest BCUT2D eigenvalue weighted by Crippen LogP contribution is 2.28. The van der Waals surface area contributed by atoms with Crippen LogP contribution in [0.25, 0.3) is 0 Å². The maximum atomic E-state index is 6.46. The molecule has 126 valence electrons. The van der Waals surface area contributed by atoms with Crippen LogP contribution in [0.4, 0.5) is 0 Å². The van der Waals surface area contributed by atoms with Crippen LogP contribution < -0.4 is 0 Å². The van der Waals surface area contributed by atoms with Gasteiger partial charge in [0.05, 0.1) is 7.11 Å². The van der Waals surface area contributed by atoms with Gasteiger partial charge in [0.25, 0.3) is 0 Å². The number of rotatable bonds is 8. The Hall–Kier alpha value is 0.0675. The Labute approximate surface area is 136 Å². The number of methoxy groups -OCH3 is 1. The highest BCUT2D eigenvalue weighted by Gasteiger charge is 2.48. The van der Waals surface area contributed by atoms with Crippen molar-refractivity contribution in [1.82, 2.24) is 0 Å². The van der Waals surface area contributed by atoms with Gasteiger partial charge >= 0.3 is 17.1 Å². The van der Waals surface area contributed by atoms with Gasteiger partial charge in [-0.05, 0) is 58.9 Å². The summed E-state index contributed by atoms with van der Waals surface area (Å²) in [6, 6.07) is 0. The summed E-state index contributed by atoms with van der Waals surface area (Å²) in [4.78, 5) is 0. The zero-order valence-electron chi connectivity index (χ0n) is 15.3. The minimum absolute atomic E-state index is 0. The lowest BCUT2D eigenvalue weighted by molar-refractivity contribution is 0.260. The van der Waals surface area contributed by atoms with E-state index in [1.165, 1.54) is 0 Å². The third-order valence-corrected chi connectivity index (χ3v) is 15.4. The molecule has 1 atom stereocenters. The molecule has 0 heterocycles. The Morgan fingerprint density at radius 3 is 1.52 bits per heavy atom. The van der Waals surface area contributed by atoms with Crippen LogP contribution in [0.15, 0.2) is 17.7 Å². The summed E-state index contributed by atoms with van der Waals surface area (Å²) < 4.78 is 24.6. The molecule has 0 amide bonds. The molecule has 0 saturated carbocycles. The van der Waals surface area contributed by atoms with Crippen molar-refractivity contribution in [3.05, 3.63) is 17.7 Å². The van der Waals surface area contributed by atoms with Crippen molar-refractivity contribution in [2.45, 2.75) is 58.9 Å². The molecule has 21 heavy (non-hydrogen) atoms. The van der Waals surface area contributed by atoms with Gasteiger partial charge in [-0.15, -0.1) is 0 Å². The topological polar surface area (TPSA) is 36.9 Å². The van der Waals surface area contributed by atoms with Crippen molar-refractivity contribution in [2.75, 3.05) is 7.11 Å². The molecule has 0 spiro atoms. The van der Waals surface area contributed by atoms with Crippen LogP contribution in [0.1, 0.15) is 1.43 Å². The molecule has 0 bridgehead atoms. The zero-order valence-corrected chi connectivity index (χ0v) is 19.3. The molecule has 0 rings (SSSR count). The van der Waals surface area contributed by atoms with Crippen LogP contribution in [0.5, 0.6) is 0 Å². The van der Waals surface area contributed by atoms with E-state index >= 15 is 0 Å². The van der Waals surface area contributed by atoms with Gasteiger partial charge in [-0.3, -0.25) is 0 Å². The van der Waals surface area contributed by atoms with Gasteiger partial charge in [-0.25, -0.2) is 0 Å². The van der Waals surface area contributed by atoms with Crippen molar-refractivity contribution in [1.29, 1.82) is 0 Å². The first-order valence-electron chi connectivity index (χ1n) is 7.19. The fraction of sp³-hybridized carbons (Fsp3) is 0.769. The predicted molar refractivity (Wildman–Crippen MR) is 101 cm³/mol. The molecule has 0 radical (unpaired) electrons. The van der Waals surface area contributed by atoms with Gasteiger partial charge < -0.3 is 17.1 Å². The Morgan fingerprint density at radius 1 is 0.810 bits per heavy atom. The van der Waals surface area contributed by atoms with E-state index in [1.54, 1.807) is 7.11 Å². The van der Waals surface area contributed by atoms with E-state index in [9.17, 15) is 0 Å². The maximum Gasteiger partial charge on any atom is 0.396 e. The Kier molecular flexibility index (Phi) is 7.12. The Morgan fingerprint density at radius 2 is 1.24 bits per heavy atom. The molecule has 0 N–H and O–H groups in total. The van der Waals surface area contributed by atoms with Crippen LogP contribution >= 0.6 is 0 Å². The summed E-state index contributed by atoms with van der Waals surface area (Å²) in [6.45, 7) is 22.8. The highest BCUT2D eigenvalue weighted by molar-refractivity contribution is 6.91. The van der Waals surface area contributed by atoms with E-state index in [-0.39, 0.29) is 1.43 Å². The van der Waals surface area contributed by atoms with Gasteiger partial charge in [0.1, 0.15) is 0 Å². The molecular weight excluding hydrogens is 332 g/mol. The third-order valence-electron chi connectivity index (χ3n) is 2.27. The van der Waals surface area contributed by atoms with E-state index in [0.29, 0.717) is 5.38 Å². The Balaban J connectivity index is 0. The molecule has 4 nitrogen and oxygen atoms in total. The minimum Gasteiger partial charge on any atom is -0.492 e. The van der Waals surface area contributed by atoms with Crippen LogP contribution in [-0.2, 0) is 17.1 Å². The van der Waals surface area contributed by atoms with E-state index < -0.39 is 33.8 Å². The van der Waals surface area contributed by atoms with Gasteiger partial charge in [-0.1, -0.05) is 12.3 Å². The molecule has 0 aromatic carbocycles. The summed E-state index contributed by atoms with van der Waals surface area (Å²) >= 11 is 0. The molecule has 8 heteroatoms. The summed E-state index contributed by atoms with van der Waals surface area (Å²) in [7, 11) is -6.89. The van der Waals surface area contributed by atoms with Crippen molar-refractivity contribution in [3.8, 4) is 0 Å². The van der Waals surface area contributed by atoms with E-state index in [2.05, 4.69) is 64.7 Å². The van der Waals surface area contributed by atoms with Gasteiger partial charge in [0.2, 0.25) is 0 Å². The number of ether oxygens (including phenoxy) is 1. The maximum absolute atomic E-state index is 6.46. The predicted octanol–water partition coefficient (Wildman–Crippen LogP) is 4.58.